The predicted octanol–water partition coefficient (Wildman–Crippen LogP) is 1.05. The second-order valence-electron chi connectivity index (χ2n) is 11.0. The van der Waals surface area contributed by atoms with Gasteiger partial charge in [-0.1, -0.05) is 12.8 Å². The average molecular weight is 570 g/mol. The molecule has 0 unspecified atom stereocenters. The minimum atomic E-state index is -2.40. The fraction of sp³-hybridized carbons (Fsp3) is 0.640. The molecule has 4 amide bonds. The van der Waals surface area contributed by atoms with Gasteiger partial charge in [0.2, 0.25) is 16.7 Å². The largest absolute Gasteiger partial charge is 0.444 e. The quantitative estimate of drug-likeness (QED) is 0.181. The highest BCUT2D eigenvalue weighted by Crippen LogP contribution is 2.37. The van der Waals surface area contributed by atoms with Crippen LogP contribution in [-0.4, -0.2) is 63.7 Å². The summed E-state index contributed by atoms with van der Waals surface area (Å²) >= 11 is 4.10. The zero-order valence-electron chi connectivity index (χ0n) is 22.4. The van der Waals surface area contributed by atoms with Gasteiger partial charge >= 0.3 is 6.09 Å². The van der Waals surface area contributed by atoms with Crippen LogP contribution in [-0.2, 0) is 19.1 Å². The molecule has 5 N–H and O–H groups in total. The summed E-state index contributed by atoms with van der Waals surface area (Å²) < 4.78 is 20.7. The van der Waals surface area contributed by atoms with E-state index in [1.54, 1.807) is 20.8 Å². The highest BCUT2D eigenvalue weighted by molar-refractivity contribution is 7.82. The van der Waals surface area contributed by atoms with Crippen LogP contribution in [0.1, 0.15) is 58.9 Å². The first-order valence-electron chi connectivity index (χ1n) is 12.8. The highest BCUT2D eigenvalue weighted by atomic mass is 32.1. The number of ether oxygens (including phenoxy) is 1. The van der Waals surface area contributed by atoms with Crippen molar-refractivity contribution in [3.63, 3.8) is 0 Å². The lowest BCUT2D eigenvalue weighted by molar-refractivity contribution is -0.136. The van der Waals surface area contributed by atoms with E-state index in [-0.39, 0.29) is 24.7 Å². The van der Waals surface area contributed by atoms with Gasteiger partial charge in [-0.2, -0.15) is 0 Å². The van der Waals surface area contributed by atoms with Crippen molar-refractivity contribution in [3.8, 4) is 0 Å². The van der Waals surface area contributed by atoms with Crippen LogP contribution in [0.3, 0.4) is 0 Å². The Kier molecular flexibility index (Phi) is 9.31. The van der Waals surface area contributed by atoms with Crippen LogP contribution in [0.4, 0.5) is 14.9 Å². The molecule has 14 heteroatoms. The van der Waals surface area contributed by atoms with E-state index in [2.05, 4.69) is 33.9 Å². The van der Waals surface area contributed by atoms with Crippen molar-refractivity contribution >= 4 is 42.1 Å². The number of carbonyl (C=O) groups excluding carboxylic acids is 4. The van der Waals surface area contributed by atoms with Gasteiger partial charge in [0.05, 0.1) is 6.04 Å². The third-order valence-corrected chi connectivity index (χ3v) is 7.10. The Balaban J connectivity index is 1.94. The fourth-order valence-corrected chi connectivity index (χ4v) is 4.69. The van der Waals surface area contributed by atoms with Crippen LogP contribution in [0.2, 0.25) is 0 Å². The molecule has 0 aromatic carbocycles. The molecule has 12 nitrogen and oxygen atoms in total. The van der Waals surface area contributed by atoms with Gasteiger partial charge < -0.3 is 25.8 Å². The Labute approximate surface area is 230 Å². The lowest BCUT2D eigenvalue weighted by atomic mass is 9.93. The minimum absolute atomic E-state index is 0.0890. The van der Waals surface area contributed by atoms with Gasteiger partial charge in [-0.25, -0.2) is 9.18 Å². The number of likely N-dealkylation sites (N-methyl/N-ethyl adjacent to an activating group) is 1. The maximum atomic E-state index is 14.7. The zero-order chi connectivity index (χ0) is 29.1. The number of carbonyl (C=O) groups is 4. The van der Waals surface area contributed by atoms with Crippen molar-refractivity contribution in [3.05, 3.63) is 28.4 Å². The molecular weight excluding hydrogens is 533 g/mol. The summed E-state index contributed by atoms with van der Waals surface area (Å²) in [5, 5.41) is 20.7. The zero-order valence-corrected chi connectivity index (χ0v) is 23.3. The highest BCUT2D eigenvalue weighted by Gasteiger charge is 2.45. The third kappa shape index (κ3) is 7.94. The van der Waals surface area contributed by atoms with Crippen molar-refractivity contribution in [2.24, 2.45) is 11.8 Å². The molecule has 1 aliphatic heterocycles. The molecule has 2 heterocycles. The van der Waals surface area contributed by atoms with Crippen LogP contribution < -0.4 is 26.8 Å². The maximum Gasteiger partial charge on any atom is 0.412 e. The van der Waals surface area contributed by atoms with E-state index in [0.717, 1.165) is 29.7 Å². The number of aromatic nitrogens is 1. The summed E-state index contributed by atoms with van der Waals surface area (Å²) in [5.74, 6) is -3.36. The number of aliphatic hydroxyl groups is 1. The molecular formula is C25H36FN5O7S. The average Bonchev–Trinajstić information content (AvgIpc) is 3.57. The molecule has 39 heavy (non-hydrogen) atoms. The van der Waals surface area contributed by atoms with Crippen molar-refractivity contribution in [1.29, 1.82) is 0 Å². The number of amides is 4. The lowest BCUT2D eigenvalue weighted by Crippen LogP contribution is -2.59. The van der Waals surface area contributed by atoms with Gasteiger partial charge in [0.25, 0.3) is 11.5 Å². The van der Waals surface area contributed by atoms with Crippen molar-refractivity contribution in [2.75, 3.05) is 18.9 Å². The summed E-state index contributed by atoms with van der Waals surface area (Å²) in [5.41, 5.74) is -2.14. The van der Waals surface area contributed by atoms with E-state index in [9.17, 15) is 33.5 Å². The first-order chi connectivity index (χ1) is 18.1. The maximum absolute atomic E-state index is 14.7. The molecule has 4 atom stereocenters. The second kappa shape index (κ2) is 11.9. The van der Waals surface area contributed by atoms with Crippen molar-refractivity contribution < 1.29 is 33.4 Å². The van der Waals surface area contributed by atoms with Crippen LogP contribution in [0, 0.1) is 17.7 Å². The summed E-state index contributed by atoms with van der Waals surface area (Å²) in [4.78, 5) is 61.4. The van der Waals surface area contributed by atoms with Gasteiger partial charge in [0.1, 0.15) is 23.1 Å². The Morgan fingerprint density at radius 3 is 2.44 bits per heavy atom. The SMILES string of the molecule is CNC(=O)[C@@](O)(S)[C@H](C[C@@H]1CCNC1=O)NC(=O)[C@H](CC1CC1)n1cc(F)cc(NC(=O)OC(C)(C)C)c1=O. The van der Waals surface area contributed by atoms with Crippen molar-refractivity contribution in [2.45, 2.75) is 75.5 Å². The van der Waals surface area contributed by atoms with E-state index in [1.807, 2.05) is 0 Å². The summed E-state index contributed by atoms with van der Waals surface area (Å²) in [6.45, 7) is 5.28. The molecule has 1 aromatic heterocycles. The molecule has 216 valence electrons. The van der Waals surface area contributed by atoms with Crippen LogP contribution >= 0.6 is 12.6 Å². The number of nitrogens with zero attached hydrogens (tertiary/aromatic N) is 1. The Hall–Kier alpha value is -3.13. The first kappa shape index (κ1) is 30.4. The minimum Gasteiger partial charge on any atom is -0.444 e. The van der Waals surface area contributed by atoms with E-state index in [4.69, 9.17) is 4.74 Å². The number of halogens is 1. The number of hydrogen-bond donors (Lipinski definition) is 6. The van der Waals surface area contributed by atoms with Crippen molar-refractivity contribution in [1.82, 2.24) is 20.5 Å². The first-order valence-corrected chi connectivity index (χ1v) is 13.2. The molecule has 3 rings (SSSR count). The third-order valence-electron chi connectivity index (χ3n) is 6.58. The van der Waals surface area contributed by atoms with E-state index < -0.39 is 63.5 Å². The molecule has 2 fully saturated rings. The fourth-order valence-electron chi connectivity index (χ4n) is 4.41. The van der Waals surface area contributed by atoms with Gasteiger partial charge in [-0.3, -0.25) is 29.1 Å². The van der Waals surface area contributed by atoms with Crippen LogP contribution in [0.25, 0.3) is 0 Å². The number of hydrogen-bond acceptors (Lipinski definition) is 8. The molecule has 1 aromatic rings. The molecule has 1 saturated heterocycles. The van der Waals surface area contributed by atoms with E-state index in [1.165, 1.54) is 7.05 Å². The molecule has 0 spiro atoms. The predicted molar refractivity (Wildman–Crippen MR) is 143 cm³/mol. The lowest BCUT2D eigenvalue weighted by Gasteiger charge is -2.33. The number of nitrogens with one attached hydrogen (secondary N) is 4. The Morgan fingerprint density at radius 2 is 1.90 bits per heavy atom. The topological polar surface area (TPSA) is 168 Å². The van der Waals surface area contributed by atoms with E-state index >= 15 is 0 Å². The summed E-state index contributed by atoms with van der Waals surface area (Å²) in [6.07, 6.45) is 1.99. The summed E-state index contributed by atoms with van der Waals surface area (Å²) in [6, 6.07) is -1.74. The number of anilines is 1. The molecule has 0 bridgehead atoms. The van der Waals surface area contributed by atoms with E-state index in [0.29, 0.717) is 13.0 Å². The second-order valence-corrected chi connectivity index (χ2v) is 11.7. The smallest absolute Gasteiger partial charge is 0.412 e. The van der Waals surface area contributed by atoms with Gasteiger partial charge in [-0.05, 0) is 46.0 Å². The number of pyridine rings is 1. The van der Waals surface area contributed by atoms with Crippen LogP contribution in [0.15, 0.2) is 17.1 Å². The number of rotatable bonds is 10. The Bertz CT molecular complexity index is 1180. The number of thiol groups is 1. The van der Waals surface area contributed by atoms with Gasteiger partial charge in [-0.15, -0.1) is 12.6 Å². The van der Waals surface area contributed by atoms with Gasteiger partial charge in [0, 0.05) is 31.8 Å². The summed E-state index contributed by atoms with van der Waals surface area (Å²) in [7, 11) is 1.28. The van der Waals surface area contributed by atoms with Gasteiger partial charge in [0.15, 0.2) is 0 Å². The molecule has 0 radical (unpaired) electrons. The normalized spacial score (nSPS) is 20.3. The Morgan fingerprint density at radius 1 is 1.23 bits per heavy atom. The molecule has 1 aliphatic carbocycles. The monoisotopic (exact) mass is 569 g/mol. The standard InChI is InChI=1S/C25H36FN5O7S/c1-24(2,3)38-23(36)29-16-11-15(26)12-31(21(16)34)17(9-13-5-6-13)20(33)30-18(25(37,39)22(35)27-4)10-14-7-8-28-19(14)32/h11-14,17-18,37,39H,5-10H2,1-4H3,(H,27,35)(H,28,32)(H,29,36)(H,30,33)/t14-,17-,18-,25-/m0/s1. The molecule has 1 saturated carbocycles. The van der Waals surface area contributed by atoms with Crippen LogP contribution in [0.5, 0.6) is 0 Å². The molecule has 2 aliphatic rings.